The van der Waals surface area contributed by atoms with Gasteiger partial charge in [0.1, 0.15) is 5.75 Å². The Kier molecular flexibility index (Phi) is 6.54. The van der Waals surface area contributed by atoms with Crippen LogP contribution in [-0.2, 0) is 0 Å². The van der Waals surface area contributed by atoms with E-state index in [9.17, 15) is 18.3 Å². The first-order chi connectivity index (χ1) is 11.5. The van der Waals surface area contributed by atoms with Gasteiger partial charge in [-0.25, -0.2) is 0 Å². The van der Waals surface area contributed by atoms with Gasteiger partial charge >= 0.3 is 6.18 Å². The molecule has 0 unspecified atom stereocenters. The number of aromatic hydroxyl groups is 1. The molecule has 3 rings (SSSR count). The number of halogens is 4. The van der Waals surface area contributed by atoms with Crippen molar-refractivity contribution in [2.75, 3.05) is 26.2 Å². The molecule has 25 heavy (non-hydrogen) atoms. The van der Waals surface area contributed by atoms with Crippen LogP contribution in [0.1, 0.15) is 24.4 Å². The van der Waals surface area contributed by atoms with Crippen molar-refractivity contribution in [3.05, 3.63) is 42.0 Å². The van der Waals surface area contributed by atoms with Crippen molar-refractivity contribution in [2.24, 2.45) is 0 Å². The molecular formula is C18H22ClF3N2O. The number of hydrogen-bond acceptors (Lipinski definition) is 3. The van der Waals surface area contributed by atoms with Crippen molar-refractivity contribution in [1.82, 2.24) is 10.2 Å². The van der Waals surface area contributed by atoms with Gasteiger partial charge in [-0.2, -0.15) is 13.2 Å². The van der Waals surface area contributed by atoms with Crippen molar-refractivity contribution in [1.29, 1.82) is 0 Å². The topological polar surface area (TPSA) is 35.5 Å². The van der Waals surface area contributed by atoms with Gasteiger partial charge in [-0.1, -0.05) is 30.3 Å². The lowest BCUT2D eigenvalue weighted by Crippen LogP contribution is -2.45. The molecule has 1 aliphatic heterocycles. The zero-order chi connectivity index (χ0) is 17.2. The molecule has 0 spiro atoms. The van der Waals surface area contributed by atoms with Crippen LogP contribution in [0.15, 0.2) is 36.4 Å². The van der Waals surface area contributed by atoms with Crippen LogP contribution in [0.3, 0.4) is 0 Å². The fourth-order valence-electron chi connectivity index (χ4n) is 3.43. The first-order valence-corrected chi connectivity index (χ1v) is 8.18. The van der Waals surface area contributed by atoms with Gasteiger partial charge in [-0.15, -0.1) is 12.4 Å². The maximum atomic E-state index is 12.8. The predicted octanol–water partition coefficient (Wildman–Crippen LogP) is 4.26. The Morgan fingerprint density at radius 3 is 2.32 bits per heavy atom. The molecule has 138 valence electrons. The van der Waals surface area contributed by atoms with Gasteiger partial charge in [0.15, 0.2) is 0 Å². The number of benzene rings is 2. The number of alkyl halides is 3. The van der Waals surface area contributed by atoms with Crippen molar-refractivity contribution in [2.45, 2.75) is 25.1 Å². The maximum absolute atomic E-state index is 12.8. The van der Waals surface area contributed by atoms with Crippen molar-refractivity contribution < 1.29 is 18.3 Å². The second-order valence-electron chi connectivity index (χ2n) is 6.18. The van der Waals surface area contributed by atoms with Gasteiger partial charge in [0, 0.05) is 44.0 Å². The number of phenolic OH excluding ortho intramolecular Hbond substituents is 1. The Morgan fingerprint density at radius 2 is 1.68 bits per heavy atom. The smallest absolute Gasteiger partial charge is 0.389 e. The third-order valence-corrected chi connectivity index (χ3v) is 4.59. The quantitative estimate of drug-likeness (QED) is 0.839. The van der Waals surface area contributed by atoms with Crippen LogP contribution in [0.2, 0.25) is 0 Å². The molecular weight excluding hydrogens is 353 g/mol. The van der Waals surface area contributed by atoms with Gasteiger partial charge in [0.05, 0.1) is 0 Å². The zero-order valence-electron chi connectivity index (χ0n) is 13.7. The molecule has 1 aliphatic rings. The summed E-state index contributed by atoms with van der Waals surface area (Å²) in [4.78, 5) is 2.11. The van der Waals surface area contributed by atoms with E-state index < -0.39 is 12.6 Å². The molecule has 0 radical (unpaired) electrons. The Bertz CT molecular complexity index is 702. The highest BCUT2D eigenvalue weighted by molar-refractivity contribution is 5.91. The number of phenols is 1. The van der Waals surface area contributed by atoms with E-state index in [1.54, 1.807) is 18.2 Å². The van der Waals surface area contributed by atoms with Crippen molar-refractivity contribution >= 4 is 23.2 Å². The van der Waals surface area contributed by atoms with Gasteiger partial charge in [-0.3, -0.25) is 4.90 Å². The highest BCUT2D eigenvalue weighted by Gasteiger charge is 2.32. The van der Waals surface area contributed by atoms with Crippen molar-refractivity contribution in [3.63, 3.8) is 0 Å². The summed E-state index contributed by atoms with van der Waals surface area (Å²) in [6.07, 6.45) is -4.95. The summed E-state index contributed by atoms with van der Waals surface area (Å²) in [5.41, 5.74) is 0.856. The Hall–Kier alpha value is -1.50. The summed E-state index contributed by atoms with van der Waals surface area (Å²) < 4.78 is 38.4. The molecule has 1 atom stereocenters. The van der Waals surface area contributed by atoms with Crippen LogP contribution >= 0.6 is 12.4 Å². The second-order valence-corrected chi connectivity index (χ2v) is 6.18. The van der Waals surface area contributed by atoms with E-state index in [-0.39, 0.29) is 30.6 Å². The molecule has 0 bridgehead atoms. The van der Waals surface area contributed by atoms with Crippen LogP contribution < -0.4 is 5.32 Å². The average molecular weight is 375 g/mol. The van der Waals surface area contributed by atoms with E-state index in [0.29, 0.717) is 5.39 Å². The minimum absolute atomic E-state index is 0. The number of hydrogen-bond donors (Lipinski definition) is 2. The lowest BCUT2D eigenvalue weighted by molar-refractivity contribution is -0.138. The Morgan fingerprint density at radius 1 is 1.04 bits per heavy atom. The largest absolute Gasteiger partial charge is 0.507 e. The third kappa shape index (κ3) is 4.77. The monoisotopic (exact) mass is 374 g/mol. The standard InChI is InChI=1S/C18H21F3N2O.ClH/c19-18(20,21)8-7-16(23-11-9-22-10-12-23)14-5-6-17(24)15-4-2-1-3-13(14)15;/h1-6,16,22,24H,7-12H2;1H/t16-;/m0./s1. The first kappa shape index (κ1) is 19.8. The first-order valence-electron chi connectivity index (χ1n) is 8.18. The second kappa shape index (κ2) is 8.25. The van der Waals surface area contributed by atoms with Crippen LogP contribution in [0.25, 0.3) is 10.8 Å². The highest BCUT2D eigenvalue weighted by Crippen LogP contribution is 2.37. The van der Waals surface area contributed by atoms with E-state index in [1.165, 1.54) is 0 Å². The average Bonchev–Trinajstić information content (AvgIpc) is 2.57. The molecule has 1 fully saturated rings. The molecule has 2 N–H and O–H groups in total. The lowest BCUT2D eigenvalue weighted by Gasteiger charge is -2.36. The molecule has 3 nitrogen and oxygen atoms in total. The van der Waals surface area contributed by atoms with Gasteiger partial charge < -0.3 is 10.4 Å². The van der Waals surface area contributed by atoms with Gasteiger partial charge in [0.25, 0.3) is 0 Å². The molecule has 2 aromatic rings. The molecule has 0 aliphatic carbocycles. The summed E-state index contributed by atoms with van der Waals surface area (Å²) in [5, 5.41) is 14.8. The van der Waals surface area contributed by atoms with E-state index >= 15 is 0 Å². The van der Waals surface area contributed by atoms with E-state index in [4.69, 9.17) is 0 Å². The molecule has 2 aromatic carbocycles. The van der Waals surface area contributed by atoms with Crippen LogP contribution in [0.4, 0.5) is 13.2 Å². The molecule has 1 heterocycles. The maximum Gasteiger partial charge on any atom is 0.389 e. The van der Waals surface area contributed by atoms with E-state index in [2.05, 4.69) is 10.2 Å². The molecule has 7 heteroatoms. The van der Waals surface area contributed by atoms with Gasteiger partial charge in [-0.05, 0) is 23.4 Å². The number of piperazine rings is 1. The normalized spacial score (nSPS) is 17.2. The number of rotatable bonds is 4. The minimum Gasteiger partial charge on any atom is -0.507 e. The summed E-state index contributed by atoms with van der Waals surface area (Å²) >= 11 is 0. The zero-order valence-corrected chi connectivity index (χ0v) is 14.5. The summed E-state index contributed by atoms with van der Waals surface area (Å²) in [6.45, 7) is 2.99. The van der Waals surface area contributed by atoms with Crippen LogP contribution in [-0.4, -0.2) is 42.4 Å². The fourth-order valence-corrected chi connectivity index (χ4v) is 3.43. The van der Waals surface area contributed by atoms with Crippen LogP contribution in [0, 0.1) is 0 Å². The van der Waals surface area contributed by atoms with Gasteiger partial charge in [0.2, 0.25) is 0 Å². The summed E-state index contributed by atoms with van der Waals surface area (Å²) in [7, 11) is 0. The minimum atomic E-state index is -4.17. The molecule has 0 saturated carbocycles. The van der Waals surface area contributed by atoms with E-state index in [1.807, 2.05) is 18.2 Å². The predicted molar refractivity (Wildman–Crippen MR) is 95.3 cm³/mol. The van der Waals surface area contributed by atoms with E-state index in [0.717, 1.165) is 37.1 Å². The number of nitrogens with zero attached hydrogens (tertiary/aromatic N) is 1. The Labute approximate surface area is 151 Å². The fraction of sp³-hybridized carbons (Fsp3) is 0.444. The SMILES string of the molecule is Cl.Oc1ccc([C@H](CCC(F)(F)F)N2CCNCC2)c2ccccc12. The summed E-state index contributed by atoms with van der Waals surface area (Å²) in [5.74, 6) is 0.157. The highest BCUT2D eigenvalue weighted by atomic mass is 35.5. The summed E-state index contributed by atoms with van der Waals surface area (Å²) in [6, 6.07) is 10.4. The molecule has 1 saturated heterocycles. The number of fused-ring (bicyclic) bond motifs is 1. The number of nitrogens with one attached hydrogen (secondary N) is 1. The Balaban J connectivity index is 0.00000225. The molecule has 0 amide bonds. The lowest BCUT2D eigenvalue weighted by atomic mass is 9.93. The third-order valence-electron chi connectivity index (χ3n) is 4.59. The van der Waals surface area contributed by atoms with Crippen molar-refractivity contribution in [3.8, 4) is 5.75 Å². The van der Waals surface area contributed by atoms with Crippen LogP contribution in [0.5, 0.6) is 5.75 Å². The molecule has 0 aromatic heterocycles.